The minimum absolute atomic E-state index is 0.444. The molecule has 0 fully saturated rings. The average Bonchev–Trinajstić information content (AvgIpc) is 3.05. The number of hydrogen-bond donors (Lipinski definition) is 1. The van der Waals surface area contributed by atoms with Gasteiger partial charge >= 0.3 is 0 Å². The number of rotatable bonds is 6. The van der Waals surface area contributed by atoms with E-state index in [1.165, 1.54) is 0 Å². The van der Waals surface area contributed by atoms with E-state index in [-0.39, 0.29) is 0 Å². The van der Waals surface area contributed by atoms with E-state index in [1.54, 1.807) is 17.4 Å². The van der Waals surface area contributed by atoms with Crippen molar-refractivity contribution in [2.45, 2.75) is 13.2 Å². The molecule has 0 aliphatic carbocycles. The van der Waals surface area contributed by atoms with Crippen LogP contribution < -0.4 is 10.1 Å². The number of nitrogens with one attached hydrogen (secondary N) is 1. The third-order valence-corrected chi connectivity index (χ3v) is 4.87. The second kappa shape index (κ2) is 7.99. The van der Waals surface area contributed by atoms with Gasteiger partial charge in [-0.2, -0.15) is 0 Å². The summed E-state index contributed by atoms with van der Waals surface area (Å²) < 4.78 is 5.79. The molecule has 3 aromatic rings. The first-order chi connectivity index (χ1) is 11.7. The van der Waals surface area contributed by atoms with Crippen molar-refractivity contribution in [1.82, 2.24) is 10.3 Å². The van der Waals surface area contributed by atoms with Crippen LogP contribution in [-0.2, 0) is 13.2 Å². The van der Waals surface area contributed by atoms with Gasteiger partial charge < -0.3 is 10.1 Å². The van der Waals surface area contributed by atoms with Crippen molar-refractivity contribution in [3.8, 4) is 17.0 Å². The van der Waals surface area contributed by atoms with Gasteiger partial charge in [0.2, 0.25) is 0 Å². The molecule has 0 radical (unpaired) electrons. The van der Waals surface area contributed by atoms with Gasteiger partial charge in [0.1, 0.15) is 17.4 Å². The molecule has 0 aliphatic rings. The van der Waals surface area contributed by atoms with Crippen molar-refractivity contribution in [2.75, 3.05) is 7.05 Å². The lowest BCUT2D eigenvalue weighted by atomic mass is 10.1. The van der Waals surface area contributed by atoms with Crippen molar-refractivity contribution in [3.05, 3.63) is 68.5 Å². The molecule has 24 heavy (non-hydrogen) atoms. The number of halogens is 2. The van der Waals surface area contributed by atoms with Gasteiger partial charge in [0.25, 0.3) is 0 Å². The second-order valence-corrected chi connectivity index (χ2v) is 6.95. The second-order valence-electron chi connectivity index (χ2n) is 5.19. The van der Waals surface area contributed by atoms with Crippen molar-refractivity contribution in [1.29, 1.82) is 0 Å². The van der Waals surface area contributed by atoms with Crippen LogP contribution in [0.5, 0.6) is 5.75 Å². The van der Waals surface area contributed by atoms with Crippen LogP contribution in [0.2, 0.25) is 10.0 Å². The fourth-order valence-corrected chi connectivity index (χ4v) is 3.51. The van der Waals surface area contributed by atoms with Crippen molar-refractivity contribution >= 4 is 34.5 Å². The van der Waals surface area contributed by atoms with E-state index >= 15 is 0 Å². The maximum Gasteiger partial charge on any atom is 0.139 e. The van der Waals surface area contributed by atoms with Gasteiger partial charge in [0.05, 0.1) is 15.7 Å². The quantitative estimate of drug-likeness (QED) is 0.621. The highest BCUT2D eigenvalue weighted by Crippen LogP contribution is 2.37. The molecule has 0 amide bonds. The Morgan fingerprint density at radius 1 is 1.12 bits per heavy atom. The molecule has 3 nitrogen and oxygen atoms in total. The summed E-state index contributed by atoms with van der Waals surface area (Å²) in [6.07, 6.45) is 0. The Balaban J connectivity index is 1.80. The molecule has 0 spiro atoms. The molecule has 0 aliphatic heterocycles. The number of hydrogen-bond acceptors (Lipinski definition) is 4. The van der Waals surface area contributed by atoms with Gasteiger partial charge in [-0.3, -0.25) is 0 Å². The monoisotopic (exact) mass is 378 g/mol. The largest absolute Gasteiger partial charge is 0.487 e. The zero-order chi connectivity index (χ0) is 16.9. The SMILES string of the molecule is CNCc1nc(-c2cc(Cl)c(OCc3ccccc3)cc2Cl)cs1. The fourth-order valence-electron chi connectivity index (χ4n) is 2.24. The number of benzene rings is 2. The van der Waals surface area contributed by atoms with Crippen molar-refractivity contribution in [2.24, 2.45) is 0 Å². The summed E-state index contributed by atoms with van der Waals surface area (Å²) in [5, 5.41) is 7.16. The molecule has 0 saturated carbocycles. The van der Waals surface area contributed by atoms with E-state index in [2.05, 4.69) is 10.3 Å². The van der Waals surface area contributed by atoms with E-state index in [0.717, 1.165) is 28.4 Å². The van der Waals surface area contributed by atoms with E-state index in [9.17, 15) is 0 Å². The Hall–Kier alpha value is -1.59. The molecule has 1 aromatic heterocycles. The highest BCUT2D eigenvalue weighted by molar-refractivity contribution is 7.09. The van der Waals surface area contributed by atoms with Crippen LogP contribution in [0.4, 0.5) is 0 Å². The lowest BCUT2D eigenvalue weighted by Crippen LogP contribution is -2.04. The predicted molar refractivity (Wildman–Crippen MR) is 101 cm³/mol. The highest BCUT2D eigenvalue weighted by atomic mass is 35.5. The van der Waals surface area contributed by atoms with E-state index in [4.69, 9.17) is 27.9 Å². The molecule has 6 heteroatoms. The van der Waals surface area contributed by atoms with Gasteiger partial charge in [0, 0.05) is 23.6 Å². The normalized spacial score (nSPS) is 10.8. The van der Waals surface area contributed by atoms with Crippen LogP contribution >= 0.6 is 34.5 Å². The molecule has 0 atom stereocenters. The predicted octanol–water partition coefficient (Wildman–Crippen LogP) is 5.42. The summed E-state index contributed by atoms with van der Waals surface area (Å²) in [7, 11) is 1.89. The van der Waals surface area contributed by atoms with E-state index in [1.807, 2.05) is 48.8 Å². The number of aromatic nitrogens is 1. The maximum absolute atomic E-state index is 6.41. The van der Waals surface area contributed by atoms with Gasteiger partial charge in [0.15, 0.2) is 0 Å². The molecule has 3 rings (SSSR count). The van der Waals surface area contributed by atoms with E-state index in [0.29, 0.717) is 22.4 Å². The third-order valence-electron chi connectivity index (χ3n) is 3.41. The molecule has 124 valence electrons. The number of ether oxygens (including phenoxy) is 1. The Morgan fingerprint density at radius 2 is 1.92 bits per heavy atom. The number of thiazole rings is 1. The van der Waals surface area contributed by atoms with Crippen LogP contribution in [0.1, 0.15) is 10.6 Å². The van der Waals surface area contributed by atoms with Crippen LogP contribution in [0.3, 0.4) is 0 Å². The zero-order valence-electron chi connectivity index (χ0n) is 13.1. The maximum atomic E-state index is 6.41. The summed E-state index contributed by atoms with van der Waals surface area (Å²) in [4.78, 5) is 4.57. The van der Waals surface area contributed by atoms with E-state index < -0.39 is 0 Å². The van der Waals surface area contributed by atoms with Crippen LogP contribution in [0, 0.1) is 0 Å². The lowest BCUT2D eigenvalue weighted by Gasteiger charge is -2.11. The first-order valence-corrected chi connectivity index (χ1v) is 9.06. The minimum Gasteiger partial charge on any atom is -0.487 e. The summed E-state index contributed by atoms with van der Waals surface area (Å²) in [5.41, 5.74) is 2.71. The highest BCUT2D eigenvalue weighted by Gasteiger charge is 2.13. The van der Waals surface area contributed by atoms with Gasteiger partial charge in [-0.15, -0.1) is 11.3 Å². The molecule has 0 bridgehead atoms. The van der Waals surface area contributed by atoms with Crippen LogP contribution in [0.15, 0.2) is 47.8 Å². The zero-order valence-corrected chi connectivity index (χ0v) is 15.4. The Morgan fingerprint density at radius 3 is 2.67 bits per heavy atom. The summed E-state index contributed by atoms with van der Waals surface area (Å²) in [6, 6.07) is 13.5. The van der Waals surface area contributed by atoms with Crippen LogP contribution in [0.25, 0.3) is 11.3 Å². The molecular weight excluding hydrogens is 363 g/mol. The summed E-state index contributed by atoms with van der Waals surface area (Å²) in [5.74, 6) is 0.569. The van der Waals surface area contributed by atoms with Crippen molar-refractivity contribution < 1.29 is 4.74 Å². The summed E-state index contributed by atoms with van der Waals surface area (Å²) >= 11 is 14.4. The van der Waals surface area contributed by atoms with Crippen LogP contribution in [-0.4, -0.2) is 12.0 Å². The van der Waals surface area contributed by atoms with Gasteiger partial charge in [-0.1, -0.05) is 53.5 Å². The van der Waals surface area contributed by atoms with Gasteiger partial charge in [-0.25, -0.2) is 4.98 Å². The third kappa shape index (κ3) is 4.08. The Labute approximate surface area is 155 Å². The first kappa shape index (κ1) is 17.2. The Bertz CT molecular complexity index is 821. The molecule has 0 saturated heterocycles. The molecular formula is C18H16Cl2N2OS. The molecule has 0 unspecified atom stereocenters. The first-order valence-electron chi connectivity index (χ1n) is 7.42. The molecule has 1 N–H and O–H groups in total. The van der Waals surface area contributed by atoms with Gasteiger partial charge in [-0.05, 0) is 18.7 Å². The lowest BCUT2D eigenvalue weighted by molar-refractivity contribution is 0.306. The minimum atomic E-state index is 0.444. The molecule has 2 aromatic carbocycles. The standard InChI is InChI=1S/C18H16Cl2N2OS/c1-21-9-18-22-16(11-24-18)13-7-15(20)17(8-14(13)19)23-10-12-5-3-2-4-6-12/h2-8,11,21H,9-10H2,1H3. The fraction of sp³-hybridized carbons (Fsp3) is 0.167. The average molecular weight is 379 g/mol. The summed E-state index contributed by atoms with van der Waals surface area (Å²) in [6.45, 7) is 1.17. The topological polar surface area (TPSA) is 34.2 Å². The smallest absolute Gasteiger partial charge is 0.139 e. The Kier molecular flexibility index (Phi) is 5.74. The number of nitrogens with zero attached hydrogens (tertiary/aromatic N) is 1. The molecule has 1 heterocycles. The van der Waals surface area contributed by atoms with Crippen molar-refractivity contribution in [3.63, 3.8) is 0 Å².